The first-order valence-corrected chi connectivity index (χ1v) is 5.74. The molecule has 2 aliphatic heterocycles. The van der Waals surface area contributed by atoms with Crippen molar-refractivity contribution < 1.29 is 4.74 Å². The SMILES string of the molecule is COc1nsc([C@H]2CN3CC[C@H]2C3)n1. The number of hydrogen-bond donors (Lipinski definition) is 0. The normalized spacial score (nSPS) is 35.1. The van der Waals surface area contributed by atoms with E-state index < -0.39 is 0 Å². The van der Waals surface area contributed by atoms with Crippen LogP contribution in [0.1, 0.15) is 17.3 Å². The van der Waals surface area contributed by atoms with Crippen LogP contribution in [0.15, 0.2) is 0 Å². The van der Waals surface area contributed by atoms with E-state index in [1.54, 1.807) is 7.11 Å². The minimum atomic E-state index is 0.530. The monoisotopic (exact) mass is 211 g/mol. The van der Waals surface area contributed by atoms with Crippen molar-refractivity contribution in [1.82, 2.24) is 14.3 Å². The molecule has 2 fully saturated rings. The van der Waals surface area contributed by atoms with Gasteiger partial charge in [0.05, 0.1) is 7.11 Å². The molecular formula is C9H13N3OS. The zero-order valence-electron chi connectivity index (χ0n) is 8.14. The Morgan fingerprint density at radius 2 is 2.43 bits per heavy atom. The highest BCUT2D eigenvalue weighted by atomic mass is 32.1. The Hall–Kier alpha value is -0.680. The second kappa shape index (κ2) is 3.17. The summed E-state index contributed by atoms with van der Waals surface area (Å²) < 4.78 is 9.16. The van der Waals surface area contributed by atoms with Crippen molar-refractivity contribution >= 4 is 11.5 Å². The Kier molecular flexibility index (Phi) is 1.95. The van der Waals surface area contributed by atoms with Gasteiger partial charge in [-0.2, -0.15) is 4.98 Å². The fourth-order valence-electron chi connectivity index (χ4n) is 2.52. The van der Waals surface area contributed by atoms with E-state index in [0.29, 0.717) is 11.9 Å². The van der Waals surface area contributed by atoms with E-state index in [0.717, 1.165) is 10.9 Å². The highest BCUT2D eigenvalue weighted by Crippen LogP contribution is 2.40. The number of piperidine rings is 1. The standard InChI is InChI=1S/C9H13N3OS/c1-13-9-10-8(14-11-9)7-5-12-3-2-6(7)4-12/h6-7H,2-5H2,1H3/t6-,7-/m0/s1. The second-order valence-electron chi connectivity index (χ2n) is 4.03. The largest absolute Gasteiger partial charge is 0.466 e. The third-order valence-electron chi connectivity index (χ3n) is 3.26. The van der Waals surface area contributed by atoms with Crippen LogP contribution in [0, 0.1) is 5.92 Å². The molecule has 4 nitrogen and oxygen atoms in total. The number of nitrogens with zero attached hydrogens (tertiary/aromatic N) is 3. The van der Waals surface area contributed by atoms with Crippen molar-refractivity contribution in [3.05, 3.63) is 5.01 Å². The summed E-state index contributed by atoms with van der Waals surface area (Å²) in [5.74, 6) is 1.43. The van der Waals surface area contributed by atoms with Gasteiger partial charge in [-0.15, -0.1) is 4.37 Å². The van der Waals surface area contributed by atoms with Gasteiger partial charge in [-0.1, -0.05) is 0 Å². The van der Waals surface area contributed by atoms with Gasteiger partial charge < -0.3 is 9.64 Å². The quantitative estimate of drug-likeness (QED) is 0.730. The number of aromatic nitrogens is 2. The fourth-order valence-corrected chi connectivity index (χ4v) is 3.33. The zero-order chi connectivity index (χ0) is 9.54. The van der Waals surface area contributed by atoms with E-state index in [1.807, 2.05) is 0 Å². The number of methoxy groups -OCH3 is 1. The summed E-state index contributed by atoms with van der Waals surface area (Å²) in [6.07, 6.45) is 1.33. The maximum Gasteiger partial charge on any atom is 0.328 e. The van der Waals surface area contributed by atoms with Crippen molar-refractivity contribution in [3.8, 4) is 6.01 Å². The van der Waals surface area contributed by atoms with Crippen LogP contribution in [-0.4, -0.2) is 41.0 Å². The molecule has 0 aromatic carbocycles. The Morgan fingerprint density at radius 1 is 1.50 bits per heavy atom. The number of ether oxygens (including phenoxy) is 1. The van der Waals surface area contributed by atoms with Crippen molar-refractivity contribution in [1.29, 1.82) is 0 Å². The summed E-state index contributed by atoms with van der Waals surface area (Å²) in [4.78, 5) is 6.91. The molecule has 1 unspecified atom stereocenters. The second-order valence-corrected chi connectivity index (χ2v) is 4.82. The van der Waals surface area contributed by atoms with Crippen LogP contribution in [-0.2, 0) is 0 Å². The van der Waals surface area contributed by atoms with E-state index >= 15 is 0 Å². The molecule has 2 bridgehead atoms. The molecule has 0 radical (unpaired) electrons. The van der Waals surface area contributed by atoms with Gasteiger partial charge in [0.2, 0.25) is 0 Å². The summed E-state index contributed by atoms with van der Waals surface area (Å²) in [7, 11) is 1.62. The Labute approximate surface area is 87.1 Å². The molecule has 0 amide bonds. The van der Waals surface area contributed by atoms with E-state index in [9.17, 15) is 0 Å². The van der Waals surface area contributed by atoms with E-state index in [4.69, 9.17) is 4.74 Å². The summed E-state index contributed by atoms with van der Waals surface area (Å²) >= 11 is 1.50. The molecule has 3 heterocycles. The predicted molar refractivity (Wildman–Crippen MR) is 53.7 cm³/mol. The third kappa shape index (κ3) is 1.23. The van der Waals surface area contributed by atoms with Crippen molar-refractivity contribution in [2.75, 3.05) is 26.7 Å². The molecule has 2 aliphatic rings. The zero-order valence-corrected chi connectivity index (χ0v) is 8.96. The molecule has 76 valence electrons. The summed E-state index contributed by atoms with van der Waals surface area (Å²) in [6.45, 7) is 3.70. The lowest BCUT2D eigenvalue weighted by molar-refractivity contribution is 0.343. The molecule has 0 spiro atoms. The van der Waals surface area contributed by atoms with Gasteiger partial charge in [0.1, 0.15) is 5.01 Å². The molecule has 0 saturated carbocycles. The van der Waals surface area contributed by atoms with Gasteiger partial charge >= 0.3 is 6.01 Å². The first-order chi connectivity index (χ1) is 6.86. The number of rotatable bonds is 2. The van der Waals surface area contributed by atoms with Gasteiger partial charge in [0.25, 0.3) is 0 Å². The molecule has 5 heteroatoms. The maximum atomic E-state index is 5.01. The molecule has 1 aromatic rings. The fraction of sp³-hybridized carbons (Fsp3) is 0.778. The summed E-state index contributed by atoms with van der Waals surface area (Å²) in [5.41, 5.74) is 0. The van der Waals surface area contributed by atoms with Gasteiger partial charge in [-0.05, 0) is 30.4 Å². The number of hydrogen-bond acceptors (Lipinski definition) is 5. The molecule has 3 atom stereocenters. The lowest BCUT2D eigenvalue weighted by Crippen LogP contribution is -2.21. The van der Waals surface area contributed by atoms with Gasteiger partial charge in [-0.3, -0.25) is 0 Å². The van der Waals surface area contributed by atoms with Gasteiger partial charge in [-0.25, -0.2) is 0 Å². The Morgan fingerprint density at radius 3 is 3.00 bits per heavy atom. The predicted octanol–water partition coefficient (Wildman–Crippen LogP) is 0.966. The third-order valence-corrected chi connectivity index (χ3v) is 4.08. The average Bonchev–Trinajstić information content (AvgIpc) is 2.93. The van der Waals surface area contributed by atoms with Crippen molar-refractivity contribution in [3.63, 3.8) is 0 Å². The summed E-state index contributed by atoms with van der Waals surface area (Å²) in [5, 5.41) is 1.16. The van der Waals surface area contributed by atoms with Crippen LogP contribution in [0.3, 0.4) is 0 Å². The van der Waals surface area contributed by atoms with E-state index in [1.165, 1.54) is 37.6 Å². The first kappa shape index (κ1) is 8.61. The Bertz CT molecular complexity index is 341. The molecule has 2 saturated heterocycles. The van der Waals surface area contributed by atoms with Crippen LogP contribution in [0.4, 0.5) is 0 Å². The van der Waals surface area contributed by atoms with E-state index in [2.05, 4.69) is 14.3 Å². The first-order valence-electron chi connectivity index (χ1n) is 4.97. The molecule has 14 heavy (non-hydrogen) atoms. The lowest BCUT2D eigenvalue weighted by Gasteiger charge is -2.18. The Balaban J connectivity index is 1.82. The highest BCUT2D eigenvalue weighted by molar-refractivity contribution is 7.05. The minimum Gasteiger partial charge on any atom is -0.466 e. The van der Waals surface area contributed by atoms with Gasteiger partial charge in [0.15, 0.2) is 0 Å². The lowest BCUT2D eigenvalue weighted by atomic mass is 9.93. The minimum absolute atomic E-state index is 0.530. The molecule has 0 aliphatic carbocycles. The van der Waals surface area contributed by atoms with Crippen molar-refractivity contribution in [2.24, 2.45) is 5.92 Å². The topological polar surface area (TPSA) is 38.2 Å². The molecular weight excluding hydrogens is 198 g/mol. The van der Waals surface area contributed by atoms with E-state index in [-0.39, 0.29) is 0 Å². The van der Waals surface area contributed by atoms with Gasteiger partial charge in [0, 0.05) is 19.0 Å². The molecule has 1 aromatic heterocycles. The maximum absolute atomic E-state index is 5.01. The highest BCUT2D eigenvalue weighted by Gasteiger charge is 2.40. The molecule has 3 rings (SSSR count). The van der Waals surface area contributed by atoms with Crippen LogP contribution in [0.25, 0.3) is 0 Å². The number of fused-ring (bicyclic) bond motifs is 2. The van der Waals surface area contributed by atoms with Crippen LogP contribution in [0.5, 0.6) is 6.01 Å². The van der Waals surface area contributed by atoms with Crippen LogP contribution >= 0.6 is 11.5 Å². The van der Waals surface area contributed by atoms with Crippen LogP contribution in [0.2, 0.25) is 0 Å². The molecule has 0 N–H and O–H groups in total. The summed E-state index contributed by atoms with van der Waals surface area (Å²) in [6, 6.07) is 0.530. The van der Waals surface area contributed by atoms with Crippen molar-refractivity contribution in [2.45, 2.75) is 12.3 Å². The van der Waals surface area contributed by atoms with Crippen LogP contribution < -0.4 is 4.74 Å². The smallest absolute Gasteiger partial charge is 0.328 e. The average molecular weight is 211 g/mol.